The summed E-state index contributed by atoms with van der Waals surface area (Å²) in [4.78, 5) is 12.4. The minimum atomic E-state index is 0.758. The van der Waals surface area contributed by atoms with Gasteiger partial charge in [0.15, 0.2) is 5.13 Å². The largest absolute Gasteiger partial charge is 0.378 e. The number of nitrogens with zero attached hydrogens (tertiary/aromatic N) is 3. The number of aromatic nitrogens is 1. The van der Waals surface area contributed by atoms with Gasteiger partial charge < -0.3 is 19.3 Å². The van der Waals surface area contributed by atoms with Gasteiger partial charge in [-0.1, -0.05) is 53.9 Å². The second-order valence-electron chi connectivity index (χ2n) is 7.23. The van der Waals surface area contributed by atoms with Crippen LogP contribution in [-0.4, -0.2) is 62.5 Å². The van der Waals surface area contributed by atoms with Crippen molar-refractivity contribution >= 4 is 49.9 Å². The van der Waals surface area contributed by atoms with Gasteiger partial charge in [0.05, 0.1) is 41.2 Å². The number of thiocarbonyl (C=S) groups is 1. The molecule has 0 bridgehead atoms. The Morgan fingerprint density at radius 2 is 1.53 bits per heavy atom. The molecule has 3 aromatic rings. The van der Waals surface area contributed by atoms with E-state index in [1.54, 1.807) is 22.7 Å². The summed E-state index contributed by atoms with van der Waals surface area (Å²) in [5.41, 5.74) is 2.47. The van der Waals surface area contributed by atoms with Crippen molar-refractivity contribution in [3.05, 3.63) is 52.3 Å². The lowest BCUT2D eigenvalue weighted by Gasteiger charge is -2.28. The van der Waals surface area contributed by atoms with Gasteiger partial charge >= 0.3 is 0 Å². The average Bonchev–Trinajstić information content (AvgIpc) is 3.49. The molecular weight excluding hydrogens is 434 g/mol. The first-order chi connectivity index (χ1) is 14.8. The smallest absolute Gasteiger partial charge is 0.186 e. The van der Waals surface area contributed by atoms with Gasteiger partial charge in [0.2, 0.25) is 0 Å². The van der Waals surface area contributed by atoms with Gasteiger partial charge in [-0.15, -0.1) is 11.3 Å². The number of thiophene rings is 1. The molecule has 2 aliphatic rings. The van der Waals surface area contributed by atoms with Crippen molar-refractivity contribution in [3.63, 3.8) is 0 Å². The molecular formula is C22H23N3O2S3. The van der Waals surface area contributed by atoms with Crippen molar-refractivity contribution in [1.82, 2.24) is 4.98 Å². The summed E-state index contributed by atoms with van der Waals surface area (Å²) in [6.07, 6.45) is 1.92. The van der Waals surface area contributed by atoms with Crippen LogP contribution in [0.2, 0.25) is 0 Å². The van der Waals surface area contributed by atoms with Gasteiger partial charge in [-0.05, 0) is 11.6 Å². The minimum Gasteiger partial charge on any atom is -0.378 e. The minimum absolute atomic E-state index is 0.758. The van der Waals surface area contributed by atoms with E-state index in [9.17, 15) is 0 Å². The van der Waals surface area contributed by atoms with Crippen molar-refractivity contribution in [2.45, 2.75) is 0 Å². The van der Waals surface area contributed by atoms with Gasteiger partial charge in [-0.3, -0.25) is 0 Å². The molecule has 4 heterocycles. The van der Waals surface area contributed by atoms with E-state index in [-0.39, 0.29) is 0 Å². The zero-order valence-corrected chi connectivity index (χ0v) is 19.0. The number of hydrogen-bond acceptors (Lipinski definition) is 8. The van der Waals surface area contributed by atoms with E-state index in [0.29, 0.717) is 0 Å². The second kappa shape index (κ2) is 9.11. The first kappa shape index (κ1) is 20.1. The molecule has 0 aliphatic carbocycles. The van der Waals surface area contributed by atoms with Gasteiger partial charge in [0, 0.05) is 42.8 Å². The summed E-state index contributed by atoms with van der Waals surface area (Å²) in [7, 11) is 0. The number of rotatable bonds is 5. The van der Waals surface area contributed by atoms with Crippen LogP contribution in [0.25, 0.3) is 11.1 Å². The van der Waals surface area contributed by atoms with Crippen LogP contribution in [0.1, 0.15) is 9.75 Å². The lowest BCUT2D eigenvalue weighted by Crippen LogP contribution is -2.36. The van der Waals surface area contributed by atoms with Gasteiger partial charge in [0.25, 0.3) is 0 Å². The Kier molecular flexibility index (Phi) is 6.10. The van der Waals surface area contributed by atoms with Crippen LogP contribution in [0.3, 0.4) is 0 Å². The third-order valence-corrected chi connectivity index (χ3v) is 8.31. The first-order valence-electron chi connectivity index (χ1n) is 10.1. The Hall–Kier alpha value is -1.84. The number of ether oxygens (including phenoxy) is 2. The van der Waals surface area contributed by atoms with Gasteiger partial charge in [0.1, 0.15) is 0 Å². The molecule has 0 atom stereocenters. The maximum Gasteiger partial charge on any atom is 0.186 e. The molecule has 0 unspecified atom stereocenters. The van der Waals surface area contributed by atoms with Crippen LogP contribution in [0.5, 0.6) is 0 Å². The SMILES string of the molecule is S=C(c1cnc(N2CCOCC2)s1)c1cc(-c2ccccc2)c(N2CCOCC2)s1. The Morgan fingerprint density at radius 1 is 0.867 bits per heavy atom. The monoisotopic (exact) mass is 457 g/mol. The van der Waals surface area contributed by atoms with E-state index >= 15 is 0 Å². The van der Waals surface area contributed by atoms with E-state index in [2.05, 4.69) is 51.2 Å². The fraction of sp³-hybridized carbons (Fsp3) is 0.364. The predicted molar refractivity (Wildman–Crippen MR) is 129 cm³/mol. The lowest BCUT2D eigenvalue weighted by molar-refractivity contribution is 0.122. The molecule has 0 spiro atoms. The van der Waals surface area contributed by atoms with Crippen molar-refractivity contribution < 1.29 is 9.47 Å². The maximum absolute atomic E-state index is 5.92. The van der Waals surface area contributed by atoms with E-state index in [1.165, 1.54) is 16.1 Å². The molecule has 5 nitrogen and oxygen atoms in total. The molecule has 2 fully saturated rings. The number of anilines is 2. The maximum atomic E-state index is 5.92. The highest BCUT2D eigenvalue weighted by Gasteiger charge is 2.23. The van der Waals surface area contributed by atoms with E-state index < -0.39 is 0 Å². The Balaban J connectivity index is 1.46. The van der Waals surface area contributed by atoms with Gasteiger partial charge in [-0.2, -0.15) is 0 Å². The summed E-state index contributed by atoms with van der Waals surface area (Å²) in [5, 5.41) is 2.31. The second-order valence-corrected chi connectivity index (χ2v) is 9.68. The highest BCUT2D eigenvalue weighted by molar-refractivity contribution is 7.82. The Labute approximate surface area is 189 Å². The molecule has 0 radical (unpaired) electrons. The molecule has 0 N–H and O–H groups in total. The Bertz CT molecular complexity index is 1010. The molecule has 2 aliphatic heterocycles. The quantitative estimate of drug-likeness (QED) is 0.420. The zero-order valence-electron chi connectivity index (χ0n) is 16.6. The summed E-state index contributed by atoms with van der Waals surface area (Å²) >= 11 is 9.38. The van der Waals surface area contributed by atoms with E-state index in [0.717, 1.165) is 72.4 Å². The summed E-state index contributed by atoms with van der Waals surface area (Å²) in [6.45, 7) is 6.65. The number of thiazole rings is 1. The van der Waals surface area contributed by atoms with Crippen LogP contribution in [0.4, 0.5) is 10.1 Å². The van der Waals surface area contributed by atoms with E-state index in [1.807, 2.05) is 6.20 Å². The molecule has 0 saturated carbocycles. The van der Waals surface area contributed by atoms with Crippen LogP contribution >= 0.6 is 34.9 Å². The fourth-order valence-corrected chi connectivity index (χ4v) is 6.25. The summed E-state index contributed by atoms with van der Waals surface area (Å²) < 4.78 is 11.0. The molecule has 30 heavy (non-hydrogen) atoms. The van der Waals surface area contributed by atoms with Crippen molar-refractivity contribution in [2.24, 2.45) is 0 Å². The predicted octanol–water partition coefficient (Wildman–Crippen LogP) is 4.31. The molecule has 2 saturated heterocycles. The van der Waals surface area contributed by atoms with Gasteiger partial charge in [-0.25, -0.2) is 4.98 Å². The highest BCUT2D eigenvalue weighted by atomic mass is 32.1. The average molecular weight is 458 g/mol. The highest BCUT2D eigenvalue weighted by Crippen LogP contribution is 2.41. The van der Waals surface area contributed by atoms with Crippen LogP contribution in [0.15, 0.2) is 42.6 Å². The third kappa shape index (κ3) is 4.15. The topological polar surface area (TPSA) is 37.8 Å². The molecule has 8 heteroatoms. The van der Waals surface area contributed by atoms with Crippen LogP contribution in [-0.2, 0) is 9.47 Å². The molecule has 5 rings (SSSR count). The normalized spacial score (nSPS) is 17.3. The van der Waals surface area contributed by atoms with Crippen molar-refractivity contribution in [3.8, 4) is 11.1 Å². The third-order valence-electron chi connectivity index (χ3n) is 5.32. The van der Waals surface area contributed by atoms with Crippen LogP contribution < -0.4 is 9.80 Å². The Morgan fingerprint density at radius 3 is 2.23 bits per heavy atom. The summed E-state index contributed by atoms with van der Waals surface area (Å²) in [6, 6.07) is 12.8. The number of benzene rings is 1. The first-order valence-corrected chi connectivity index (χ1v) is 12.2. The zero-order chi connectivity index (χ0) is 20.3. The summed E-state index contributed by atoms with van der Waals surface area (Å²) in [5.74, 6) is 0. The molecule has 156 valence electrons. The van der Waals surface area contributed by atoms with Crippen molar-refractivity contribution in [2.75, 3.05) is 62.4 Å². The van der Waals surface area contributed by atoms with Crippen LogP contribution in [0, 0.1) is 0 Å². The number of hydrogen-bond donors (Lipinski definition) is 0. The molecule has 0 amide bonds. The standard InChI is InChI=1S/C22H23N3O2S3/c28-20(19-15-23-22(30-19)25-8-12-27-13-9-25)18-14-17(16-4-2-1-3-5-16)21(29-18)24-6-10-26-11-7-24/h1-5,14-15H,6-13H2. The molecule has 1 aromatic carbocycles. The van der Waals surface area contributed by atoms with Crippen molar-refractivity contribution in [1.29, 1.82) is 0 Å². The lowest BCUT2D eigenvalue weighted by atomic mass is 10.1. The van der Waals surface area contributed by atoms with E-state index in [4.69, 9.17) is 21.7 Å². The molecule has 2 aromatic heterocycles. The number of morpholine rings is 2. The fourth-order valence-electron chi connectivity index (χ4n) is 3.71.